The minimum atomic E-state index is -0.941. The van der Waals surface area contributed by atoms with Crippen LogP contribution in [0.1, 0.15) is 11.3 Å². The average molecular weight is 347 g/mol. The van der Waals surface area contributed by atoms with E-state index >= 15 is 0 Å². The van der Waals surface area contributed by atoms with Crippen LogP contribution in [0.25, 0.3) is 11.3 Å². The van der Waals surface area contributed by atoms with Gasteiger partial charge in [0.1, 0.15) is 24.1 Å². The molecule has 0 unspecified atom stereocenters. The van der Waals surface area contributed by atoms with Crippen molar-refractivity contribution in [3.8, 4) is 23.1 Å². The monoisotopic (exact) mass is 346 g/mol. The highest BCUT2D eigenvalue weighted by molar-refractivity contribution is 6.31. The highest BCUT2D eigenvalue weighted by Crippen LogP contribution is 2.29. The Morgan fingerprint density at radius 1 is 1.17 bits per heavy atom. The molecule has 5 nitrogen and oxygen atoms in total. The third-order valence-corrected chi connectivity index (χ3v) is 3.41. The molecule has 3 rings (SSSR count). The van der Waals surface area contributed by atoms with E-state index in [0.717, 1.165) is 12.1 Å². The van der Waals surface area contributed by atoms with Gasteiger partial charge >= 0.3 is 0 Å². The van der Waals surface area contributed by atoms with E-state index < -0.39 is 11.6 Å². The summed E-state index contributed by atoms with van der Waals surface area (Å²) in [7, 11) is 0. The standard InChI is InChI=1S/C16H9ClF2N4O/c17-11-4-10(16-15(7-20)21-23-22-16)5-12(6-11)24-8-9-1-2-13(18)14(19)3-9/h1-6H,8H2,(H,21,22,23). The van der Waals surface area contributed by atoms with Gasteiger partial charge < -0.3 is 4.74 Å². The lowest BCUT2D eigenvalue weighted by Gasteiger charge is -2.09. The minimum Gasteiger partial charge on any atom is -0.489 e. The number of hydrogen-bond acceptors (Lipinski definition) is 4. The molecule has 8 heteroatoms. The summed E-state index contributed by atoms with van der Waals surface area (Å²) < 4.78 is 31.7. The van der Waals surface area contributed by atoms with Crippen LogP contribution in [0.15, 0.2) is 36.4 Å². The van der Waals surface area contributed by atoms with E-state index in [1.807, 2.05) is 6.07 Å². The molecule has 1 heterocycles. The van der Waals surface area contributed by atoms with Gasteiger partial charge in [0.2, 0.25) is 0 Å². The van der Waals surface area contributed by atoms with E-state index in [-0.39, 0.29) is 12.3 Å². The summed E-state index contributed by atoms with van der Waals surface area (Å²) in [4.78, 5) is 0. The first-order valence-corrected chi connectivity index (χ1v) is 7.13. The molecular weight excluding hydrogens is 338 g/mol. The number of halogens is 3. The molecule has 0 aliphatic carbocycles. The van der Waals surface area contributed by atoms with Gasteiger partial charge in [-0.25, -0.2) is 13.9 Å². The van der Waals surface area contributed by atoms with Gasteiger partial charge in [0.05, 0.1) is 0 Å². The summed E-state index contributed by atoms with van der Waals surface area (Å²) in [6, 6.07) is 10.3. The van der Waals surface area contributed by atoms with Crippen molar-refractivity contribution in [1.29, 1.82) is 5.26 Å². The van der Waals surface area contributed by atoms with Gasteiger partial charge in [0, 0.05) is 10.6 Å². The van der Waals surface area contributed by atoms with Crippen LogP contribution in [0.5, 0.6) is 5.75 Å². The number of aromatic amines is 1. The zero-order chi connectivity index (χ0) is 17.1. The molecule has 0 radical (unpaired) electrons. The molecule has 0 aliphatic rings. The van der Waals surface area contributed by atoms with Crippen LogP contribution >= 0.6 is 11.6 Å². The Labute approximate surface area is 140 Å². The molecule has 0 saturated heterocycles. The lowest BCUT2D eigenvalue weighted by molar-refractivity contribution is 0.305. The van der Waals surface area contributed by atoms with Crippen LogP contribution in [-0.2, 0) is 6.61 Å². The molecule has 3 aromatic rings. The molecule has 0 atom stereocenters. The van der Waals surface area contributed by atoms with Gasteiger partial charge in [-0.2, -0.15) is 5.26 Å². The van der Waals surface area contributed by atoms with E-state index in [9.17, 15) is 8.78 Å². The molecule has 0 saturated carbocycles. The third-order valence-electron chi connectivity index (χ3n) is 3.19. The molecule has 0 aliphatic heterocycles. The Bertz CT molecular complexity index is 936. The van der Waals surface area contributed by atoms with Crippen LogP contribution in [0.4, 0.5) is 8.78 Å². The van der Waals surface area contributed by atoms with Crippen molar-refractivity contribution >= 4 is 11.6 Å². The van der Waals surface area contributed by atoms with E-state index in [1.165, 1.54) is 6.07 Å². The molecule has 1 aromatic heterocycles. The summed E-state index contributed by atoms with van der Waals surface area (Å²) >= 11 is 6.06. The van der Waals surface area contributed by atoms with Crippen molar-refractivity contribution in [3.63, 3.8) is 0 Å². The number of nitrogens with one attached hydrogen (secondary N) is 1. The quantitative estimate of drug-likeness (QED) is 0.778. The number of nitriles is 1. The molecule has 0 amide bonds. The lowest BCUT2D eigenvalue weighted by Crippen LogP contribution is -1.97. The zero-order valence-corrected chi connectivity index (χ0v) is 12.8. The van der Waals surface area contributed by atoms with E-state index in [2.05, 4.69) is 15.4 Å². The average Bonchev–Trinajstić information content (AvgIpc) is 3.04. The summed E-state index contributed by atoms with van der Waals surface area (Å²) in [5.41, 5.74) is 1.56. The van der Waals surface area contributed by atoms with E-state index in [0.29, 0.717) is 27.6 Å². The number of aromatic nitrogens is 3. The highest BCUT2D eigenvalue weighted by atomic mass is 35.5. The Kier molecular flexibility index (Phi) is 4.40. The minimum absolute atomic E-state index is 0.0287. The topological polar surface area (TPSA) is 74.6 Å². The van der Waals surface area contributed by atoms with Crippen molar-refractivity contribution in [2.24, 2.45) is 0 Å². The molecule has 24 heavy (non-hydrogen) atoms. The van der Waals surface area contributed by atoms with Crippen molar-refractivity contribution in [1.82, 2.24) is 15.4 Å². The second kappa shape index (κ2) is 6.64. The second-order valence-electron chi connectivity index (χ2n) is 4.86. The fourth-order valence-electron chi connectivity index (χ4n) is 2.09. The van der Waals surface area contributed by atoms with Crippen molar-refractivity contribution < 1.29 is 13.5 Å². The van der Waals surface area contributed by atoms with Crippen molar-refractivity contribution in [2.75, 3.05) is 0 Å². The number of ether oxygens (including phenoxy) is 1. The molecular formula is C16H9ClF2N4O. The molecule has 2 aromatic carbocycles. The van der Waals surface area contributed by atoms with Crippen molar-refractivity contribution in [3.05, 3.63) is 64.3 Å². The molecule has 120 valence electrons. The van der Waals surface area contributed by atoms with Gasteiger partial charge in [-0.15, -0.1) is 5.10 Å². The van der Waals surface area contributed by atoms with Crippen LogP contribution in [0, 0.1) is 23.0 Å². The van der Waals surface area contributed by atoms with Crippen LogP contribution in [-0.4, -0.2) is 15.4 Å². The molecule has 0 bridgehead atoms. The Morgan fingerprint density at radius 2 is 2.00 bits per heavy atom. The number of nitrogens with zero attached hydrogens (tertiary/aromatic N) is 3. The Hall–Kier alpha value is -2.98. The predicted octanol–water partition coefficient (Wildman–Crippen LogP) is 3.85. The molecule has 0 spiro atoms. The number of H-pyrrole nitrogens is 1. The summed E-state index contributed by atoms with van der Waals surface area (Å²) in [5.74, 6) is -1.46. The second-order valence-corrected chi connectivity index (χ2v) is 5.30. The van der Waals surface area contributed by atoms with Gasteiger partial charge in [0.15, 0.2) is 17.3 Å². The summed E-state index contributed by atoms with van der Waals surface area (Å²) in [6.45, 7) is 0.0287. The first kappa shape index (κ1) is 15.9. The van der Waals surface area contributed by atoms with Crippen LogP contribution in [0.2, 0.25) is 5.02 Å². The number of benzene rings is 2. The molecule has 1 N–H and O–H groups in total. The van der Waals surface area contributed by atoms with Crippen LogP contribution < -0.4 is 4.74 Å². The highest BCUT2D eigenvalue weighted by Gasteiger charge is 2.12. The largest absolute Gasteiger partial charge is 0.489 e. The Morgan fingerprint density at radius 3 is 2.75 bits per heavy atom. The van der Waals surface area contributed by atoms with Gasteiger partial charge in [-0.1, -0.05) is 22.9 Å². The van der Waals surface area contributed by atoms with E-state index in [4.69, 9.17) is 21.6 Å². The van der Waals surface area contributed by atoms with Gasteiger partial charge in [0.25, 0.3) is 0 Å². The maximum absolute atomic E-state index is 13.2. The maximum atomic E-state index is 13.2. The van der Waals surface area contributed by atoms with Gasteiger partial charge in [-0.3, -0.25) is 0 Å². The fraction of sp³-hybridized carbons (Fsp3) is 0.0625. The first-order valence-electron chi connectivity index (χ1n) is 6.75. The van der Waals surface area contributed by atoms with Crippen LogP contribution in [0.3, 0.4) is 0 Å². The smallest absolute Gasteiger partial charge is 0.163 e. The number of rotatable bonds is 4. The van der Waals surface area contributed by atoms with E-state index in [1.54, 1.807) is 18.2 Å². The fourth-order valence-corrected chi connectivity index (χ4v) is 2.31. The summed E-state index contributed by atoms with van der Waals surface area (Å²) in [6.07, 6.45) is 0. The zero-order valence-electron chi connectivity index (χ0n) is 12.1. The Balaban J connectivity index is 1.84. The van der Waals surface area contributed by atoms with Gasteiger partial charge in [-0.05, 0) is 35.9 Å². The predicted molar refractivity (Wildman–Crippen MR) is 82.2 cm³/mol. The lowest BCUT2D eigenvalue weighted by atomic mass is 10.1. The maximum Gasteiger partial charge on any atom is 0.163 e. The number of hydrogen-bond donors (Lipinski definition) is 1. The van der Waals surface area contributed by atoms with Crippen molar-refractivity contribution in [2.45, 2.75) is 6.61 Å². The first-order chi connectivity index (χ1) is 11.6. The third kappa shape index (κ3) is 3.34. The molecule has 0 fully saturated rings. The summed E-state index contributed by atoms with van der Waals surface area (Å²) in [5, 5.41) is 19.3. The SMILES string of the molecule is N#Cc1[nH]nnc1-c1cc(Cl)cc(OCc2ccc(F)c(F)c2)c1. The normalized spacial score (nSPS) is 10.4.